The van der Waals surface area contributed by atoms with E-state index in [1.807, 2.05) is 6.92 Å². The molecule has 1 atom stereocenters. The number of amides is 2. The van der Waals surface area contributed by atoms with Crippen molar-refractivity contribution in [3.05, 3.63) is 28.5 Å². The van der Waals surface area contributed by atoms with Crippen LogP contribution in [0.3, 0.4) is 0 Å². The molecule has 0 spiro atoms. The van der Waals surface area contributed by atoms with E-state index in [1.165, 1.54) is 11.0 Å². The van der Waals surface area contributed by atoms with E-state index in [-0.39, 0.29) is 30.5 Å². The maximum absolute atomic E-state index is 13.9. The second kappa shape index (κ2) is 5.69. The summed E-state index contributed by atoms with van der Waals surface area (Å²) >= 11 is 3.26. The lowest BCUT2D eigenvalue weighted by atomic mass is 10.2. The van der Waals surface area contributed by atoms with Gasteiger partial charge >= 0.3 is 0 Å². The van der Waals surface area contributed by atoms with Crippen molar-refractivity contribution >= 4 is 33.4 Å². The summed E-state index contributed by atoms with van der Waals surface area (Å²) in [5.74, 6) is -0.927. The lowest BCUT2D eigenvalue weighted by Gasteiger charge is -2.24. The van der Waals surface area contributed by atoms with Crippen LogP contribution in [0.25, 0.3) is 0 Å². The highest BCUT2D eigenvalue weighted by molar-refractivity contribution is 9.10. The molecule has 0 aromatic heterocycles. The molecule has 1 fully saturated rings. The molecule has 0 saturated carbocycles. The number of hydrogen-bond donors (Lipinski definition) is 1. The van der Waals surface area contributed by atoms with Crippen LogP contribution in [0.2, 0.25) is 0 Å². The third kappa shape index (κ3) is 2.94. The minimum absolute atomic E-state index is 0.175. The molecule has 19 heavy (non-hydrogen) atoms. The SMILES string of the molecule is CCC1NC(=O)CCN(c2cc(Br)ccc2F)C1=O. The van der Waals surface area contributed by atoms with E-state index < -0.39 is 11.9 Å². The fourth-order valence-electron chi connectivity index (χ4n) is 2.05. The van der Waals surface area contributed by atoms with Crippen molar-refractivity contribution in [3.8, 4) is 0 Å². The highest BCUT2D eigenvalue weighted by atomic mass is 79.9. The van der Waals surface area contributed by atoms with Crippen LogP contribution in [-0.4, -0.2) is 24.4 Å². The molecule has 1 heterocycles. The fraction of sp³-hybridized carbons (Fsp3) is 0.385. The first-order valence-corrected chi connectivity index (χ1v) is 6.88. The van der Waals surface area contributed by atoms with E-state index in [2.05, 4.69) is 21.2 Å². The molecule has 1 aromatic carbocycles. The van der Waals surface area contributed by atoms with Gasteiger partial charge in [0.05, 0.1) is 5.69 Å². The van der Waals surface area contributed by atoms with Gasteiger partial charge in [-0.2, -0.15) is 0 Å². The van der Waals surface area contributed by atoms with Crippen molar-refractivity contribution in [2.75, 3.05) is 11.4 Å². The minimum Gasteiger partial charge on any atom is -0.344 e. The number of carbonyl (C=O) groups excluding carboxylic acids is 2. The van der Waals surface area contributed by atoms with E-state index in [9.17, 15) is 14.0 Å². The van der Waals surface area contributed by atoms with Crippen molar-refractivity contribution in [1.29, 1.82) is 0 Å². The molecule has 2 rings (SSSR count). The largest absolute Gasteiger partial charge is 0.344 e. The Morgan fingerprint density at radius 1 is 1.47 bits per heavy atom. The zero-order chi connectivity index (χ0) is 14.0. The van der Waals surface area contributed by atoms with Crippen molar-refractivity contribution < 1.29 is 14.0 Å². The highest BCUT2D eigenvalue weighted by Gasteiger charge is 2.30. The molecule has 1 unspecified atom stereocenters. The Bertz CT molecular complexity index is 521. The maximum atomic E-state index is 13.9. The quantitative estimate of drug-likeness (QED) is 0.905. The summed E-state index contributed by atoms with van der Waals surface area (Å²) in [6.07, 6.45) is 0.658. The molecule has 1 aliphatic rings. The van der Waals surface area contributed by atoms with Gasteiger partial charge in [0, 0.05) is 17.4 Å². The van der Waals surface area contributed by atoms with E-state index in [1.54, 1.807) is 12.1 Å². The predicted molar refractivity (Wildman–Crippen MR) is 73.3 cm³/mol. The van der Waals surface area contributed by atoms with Gasteiger partial charge in [-0.15, -0.1) is 0 Å². The van der Waals surface area contributed by atoms with Gasteiger partial charge in [0.15, 0.2) is 0 Å². The molecular weight excluding hydrogens is 315 g/mol. The Morgan fingerprint density at radius 2 is 2.21 bits per heavy atom. The number of carbonyl (C=O) groups is 2. The van der Waals surface area contributed by atoms with Crippen LogP contribution >= 0.6 is 15.9 Å². The zero-order valence-electron chi connectivity index (χ0n) is 10.5. The van der Waals surface area contributed by atoms with Gasteiger partial charge in [-0.25, -0.2) is 4.39 Å². The Balaban J connectivity index is 2.38. The van der Waals surface area contributed by atoms with Gasteiger partial charge in [-0.1, -0.05) is 22.9 Å². The second-order valence-electron chi connectivity index (χ2n) is 4.36. The Hall–Kier alpha value is -1.43. The first-order valence-electron chi connectivity index (χ1n) is 6.08. The first-order chi connectivity index (χ1) is 9.02. The molecule has 2 amide bonds. The number of nitrogens with one attached hydrogen (secondary N) is 1. The summed E-state index contributed by atoms with van der Waals surface area (Å²) in [7, 11) is 0. The summed E-state index contributed by atoms with van der Waals surface area (Å²) in [5.41, 5.74) is 0.203. The van der Waals surface area contributed by atoms with Crippen LogP contribution in [0.1, 0.15) is 19.8 Å². The van der Waals surface area contributed by atoms with Crippen LogP contribution in [0.4, 0.5) is 10.1 Å². The zero-order valence-corrected chi connectivity index (χ0v) is 12.0. The minimum atomic E-state index is -0.589. The number of nitrogens with zero attached hydrogens (tertiary/aromatic N) is 1. The maximum Gasteiger partial charge on any atom is 0.249 e. The van der Waals surface area contributed by atoms with Crippen molar-refractivity contribution in [1.82, 2.24) is 5.32 Å². The fourth-order valence-corrected chi connectivity index (χ4v) is 2.40. The topological polar surface area (TPSA) is 49.4 Å². The molecule has 4 nitrogen and oxygen atoms in total. The van der Waals surface area contributed by atoms with Gasteiger partial charge < -0.3 is 10.2 Å². The van der Waals surface area contributed by atoms with Crippen LogP contribution in [-0.2, 0) is 9.59 Å². The van der Waals surface area contributed by atoms with E-state index in [0.29, 0.717) is 10.9 Å². The Morgan fingerprint density at radius 3 is 2.89 bits per heavy atom. The molecule has 0 radical (unpaired) electrons. The van der Waals surface area contributed by atoms with E-state index in [4.69, 9.17) is 0 Å². The van der Waals surface area contributed by atoms with Crippen LogP contribution in [0, 0.1) is 5.82 Å². The third-order valence-corrected chi connectivity index (χ3v) is 3.56. The molecule has 6 heteroatoms. The van der Waals surface area contributed by atoms with Crippen LogP contribution in [0.15, 0.2) is 22.7 Å². The van der Waals surface area contributed by atoms with Crippen LogP contribution in [0.5, 0.6) is 0 Å². The first kappa shape index (κ1) is 14.0. The summed E-state index contributed by atoms with van der Waals surface area (Å²) in [6, 6.07) is 3.83. The molecule has 1 aliphatic heterocycles. The molecule has 102 valence electrons. The average Bonchev–Trinajstić information content (AvgIpc) is 2.52. The molecular formula is C13H14BrFN2O2. The molecule has 1 N–H and O–H groups in total. The second-order valence-corrected chi connectivity index (χ2v) is 5.28. The van der Waals surface area contributed by atoms with Gasteiger partial charge in [-0.05, 0) is 24.6 Å². The van der Waals surface area contributed by atoms with Crippen molar-refractivity contribution in [2.45, 2.75) is 25.8 Å². The third-order valence-electron chi connectivity index (χ3n) is 3.07. The smallest absolute Gasteiger partial charge is 0.249 e. The number of hydrogen-bond acceptors (Lipinski definition) is 2. The molecule has 0 bridgehead atoms. The normalized spacial score (nSPS) is 20.2. The predicted octanol–water partition coefficient (Wildman–Crippen LogP) is 2.22. The van der Waals surface area contributed by atoms with Crippen LogP contribution < -0.4 is 10.2 Å². The van der Waals surface area contributed by atoms with E-state index >= 15 is 0 Å². The standard InChI is InChI=1S/C13H14BrFN2O2/c1-2-10-13(19)17(6-5-12(18)16-10)11-7-8(14)3-4-9(11)15/h3-4,7,10H,2,5-6H2,1H3,(H,16,18). The van der Waals surface area contributed by atoms with Crippen molar-refractivity contribution in [2.24, 2.45) is 0 Å². The molecule has 0 aliphatic carbocycles. The van der Waals surface area contributed by atoms with E-state index in [0.717, 1.165) is 0 Å². The number of rotatable bonds is 2. The number of benzene rings is 1. The lowest BCUT2D eigenvalue weighted by Crippen LogP contribution is -2.44. The summed E-state index contributed by atoms with van der Waals surface area (Å²) in [6.45, 7) is 2.00. The van der Waals surface area contributed by atoms with Gasteiger partial charge in [0.25, 0.3) is 0 Å². The summed E-state index contributed by atoms with van der Waals surface area (Å²) in [4.78, 5) is 25.2. The Kier molecular flexibility index (Phi) is 4.19. The van der Waals surface area contributed by atoms with Gasteiger partial charge in [-0.3, -0.25) is 9.59 Å². The summed E-state index contributed by atoms with van der Waals surface area (Å²) < 4.78 is 14.6. The van der Waals surface area contributed by atoms with Crippen molar-refractivity contribution in [3.63, 3.8) is 0 Å². The number of anilines is 1. The Labute approximate surface area is 119 Å². The monoisotopic (exact) mass is 328 g/mol. The molecule has 1 saturated heterocycles. The highest BCUT2D eigenvalue weighted by Crippen LogP contribution is 2.26. The number of halogens is 2. The lowest BCUT2D eigenvalue weighted by molar-refractivity contribution is -0.125. The molecule has 1 aromatic rings. The van der Waals surface area contributed by atoms with Gasteiger partial charge in [0.2, 0.25) is 11.8 Å². The summed E-state index contributed by atoms with van der Waals surface area (Å²) in [5, 5.41) is 2.65. The average molecular weight is 329 g/mol. The van der Waals surface area contributed by atoms with Gasteiger partial charge in [0.1, 0.15) is 11.9 Å².